The molecule has 1 aliphatic heterocycles. The number of aryl methyl sites for hydroxylation is 2. The zero-order valence-corrected chi connectivity index (χ0v) is 20.0. The fourth-order valence-electron chi connectivity index (χ4n) is 3.01. The van der Waals surface area contributed by atoms with Gasteiger partial charge in [-0.2, -0.15) is 0 Å². The topological polar surface area (TPSA) is 9.23 Å². The zero-order valence-electron chi connectivity index (χ0n) is 15.8. The first-order valence-electron chi connectivity index (χ1n) is 9.17. The Hall–Kier alpha value is -1.31. The van der Waals surface area contributed by atoms with Crippen molar-refractivity contribution >= 4 is 50.4 Å². The average molecular weight is 519 g/mol. The van der Waals surface area contributed by atoms with E-state index in [0.29, 0.717) is 0 Å². The van der Waals surface area contributed by atoms with Crippen molar-refractivity contribution in [3.8, 4) is 0 Å². The Morgan fingerprint density at radius 1 is 0.750 bits per heavy atom. The predicted molar refractivity (Wildman–Crippen MR) is 120 cm³/mol. The molecule has 0 saturated heterocycles. The van der Waals surface area contributed by atoms with Gasteiger partial charge in [0, 0.05) is 0 Å². The van der Waals surface area contributed by atoms with Crippen molar-refractivity contribution < 1.29 is 4.74 Å². The normalized spacial score (nSPS) is 16.6. The fourth-order valence-corrected chi connectivity index (χ4v) is 8.03. The molecule has 1 aliphatic rings. The van der Waals surface area contributed by atoms with E-state index >= 15 is 0 Å². The molecule has 0 amide bonds. The molecule has 0 bridgehead atoms. The van der Waals surface area contributed by atoms with Gasteiger partial charge in [0.25, 0.3) is 0 Å². The van der Waals surface area contributed by atoms with E-state index in [1.54, 1.807) is 0 Å². The second-order valence-corrected chi connectivity index (χ2v) is 12.1. The van der Waals surface area contributed by atoms with Crippen LogP contribution in [0.1, 0.15) is 22.8 Å². The molecule has 1 nitrogen and oxygen atoms in total. The van der Waals surface area contributed by atoms with Gasteiger partial charge < -0.3 is 0 Å². The molecule has 142 valence electrons. The molecule has 3 aromatic rings. The summed E-state index contributed by atoms with van der Waals surface area (Å²) < 4.78 is 12.1. The molecule has 0 aromatic heterocycles. The third kappa shape index (κ3) is 4.81. The summed E-state index contributed by atoms with van der Waals surface area (Å²) in [4.78, 5) is 0. The standard InChI is InChI=1S/C24H21ClOSe2/c1-16-3-11-20(12-4-16)27-22-15-26-23(18-7-9-19(25)10-8-18)24(22)28-21-13-5-17(2)6-14-21/h3-14,23H,15H2,1-2H3. The van der Waals surface area contributed by atoms with Gasteiger partial charge >= 0.3 is 185 Å². The molecular weight excluding hydrogens is 498 g/mol. The Morgan fingerprint density at radius 2 is 1.29 bits per heavy atom. The predicted octanol–water partition coefficient (Wildman–Crippen LogP) is 4.30. The van der Waals surface area contributed by atoms with Gasteiger partial charge in [-0.25, -0.2) is 0 Å². The summed E-state index contributed by atoms with van der Waals surface area (Å²) in [7, 11) is 0. The molecule has 0 aliphatic carbocycles. The summed E-state index contributed by atoms with van der Waals surface area (Å²) in [5.41, 5.74) is 3.80. The molecule has 0 spiro atoms. The maximum absolute atomic E-state index is 6.31. The Labute approximate surface area is 184 Å². The first-order valence-corrected chi connectivity index (χ1v) is 13.0. The third-order valence-electron chi connectivity index (χ3n) is 4.58. The fraction of sp³-hybridized carbons (Fsp3) is 0.167. The van der Waals surface area contributed by atoms with Crippen LogP contribution < -0.4 is 8.92 Å². The second kappa shape index (κ2) is 9.01. The molecule has 1 heterocycles. The van der Waals surface area contributed by atoms with E-state index in [4.69, 9.17) is 16.3 Å². The molecule has 1 atom stereocenters. The molecule has 0 radical (unpaired) electrons. The van der Waals surface area contributed by atoms with Gasteiger partial charge in [0.05, 0.1) is 0 Å². The Kier molecular flexibility index (Phi) is 6.43. The maximum atomic E-state index is 6.31. The van der Waals surface area contributed by atoms with E-state index in [0.717, 1.165) is 11.6 Å². The zero-order chi connectivity index (χ0) is 19.5. The van der Waals surface area contributed by atoms with Crippen LogP contribution in [-0.2, 0) is 4.74 Å². The van der Waals surface area contributed by atoms with E-state index in [2.05, 4.69) is 74.5 Å². The molecule has 0 fully saturated rings. The SMILES string of the molecule is Cc1ccc([Se]C2=C([Se]c3ccc(C)cc3)C(c3ccc(Cl)cc3)OC2)cc1. The van der Waals surface area contributed by atoms with Crippen molar-refractivity contribution in [3.63, 3.8) is 0 Å². The van der Waals surface area contributed by atoms with E-state index in [1.165, 1.54) is 34.6 Å². The molecule has 28 heavy (non-hydrogen) atoms. The van der Waals surface area contributed by atoms with Gasteiger partial charge in [0.2, 0.25) is 0 Å². The molecule has 1 unspecified atom stereocenters. The van der Waals surface area contributed by atoms with Crippen LogP contribution in [0.3, 0.4) is 0 Å². The van der Waals surface area contributed by atoms with Crippen LogP contribution in [0.15, 0.2) is 81.7 Å². The van der Waals surface area contributed by atoms with Crippen LogP contribution in [0.4, 0.5) is 0 Å². The number of halogens is 1. The monoisotopic (exact) mass is 520 g/mol. The minimum absolute atomic E-state index is 0.0425. The van der Waals surface area contributed by atoms with Gasteiger partial charge in [-0.15, -0.1) is 0 Å². The summed E-state index contributed by atoms with van der Waals surface area (Å²) in [5, 5.41) is 0.764. The number of hydrogen-bond acceptors (Lipinski definition) is 1. The first kappa shape index (κ1) is 20.0. The van der Waals surface area contributed by atoms with E-state index in [-0.39, 0.29) is 36.0 Å². The van der Waals surface area contributed by atoms with Gasteiger partial charge in [0.15, 0.2) is 0 Å². The summed E-state index contributed by atoms with van der Waals surface area (Å²) in [5.74, 6) is 0. The first-order chi connectivity index (χ1) is 13.6. The molecule has 4 heteroatoms. The van der Waals surface area contributed by atoms with Crippen LogP contribution in [-0.4, -0.2) is 36.5 Å². The molecular formula is C24H21ClOSe2. The molecule has 0 saturated carbocycles. The number of ether oxygens (including phenoxy) is 1. The van der Waals surface area contributed by atoms with Crippen molar-refractivity contribution in [2.24, 2.45) is 0 Å². The van der Waals surface area contributed by atoms with E-state index in [9.17, 15) is 0 Å². The van der Waals surface area contributed by atoms with E-state index < -0.39 is 0 Å². The van der Waals surface area contributed by atoms with Gasteiger partial charge in [-0.3, -0.25) is 0 Å². The van der Waals surface area contributed by atoms with Crippen LogP contribution in [0.2, 0.25) is 5.02 Å². The second-order valence-electron chi connectivity index (χ2n) is 6.86. The summed E-state index contributed by atoms with van der Waals surface area (Å²) in [6.45, 7) is 5.00. The Balaban J connectivity index is 1.68. The number of benzene rings is 3. The van der Waals surface area contributed by atoms with Crippen LogP contribution in [0.5, 0.6) is 0 Å². The van der Waals surface area contributed by atoms with Gasteiger partial charge in [-0.1, -0.05) is 0 Å². The van der Waals surface area contributed by atoms with Crippen LogP contribution in [0.25, 0.3) is 0 Å². The summed E-state index contributed by atoms with van der Waals surface area (Å²) in [6.07, 6.45) is 0.0425. The minimum atomic E-state index is 0.0425. The molecule has 4 rings (SSSR count). The Bertz CT molecular complexity index is 977. The van der Waals surface area contributed by atoms with Crippen LogP contribution in [0, 0.1) is 13.8 Å². The quantitative estimate of drug-likeness (QED) is 0.458. The van der Waals surface area contributed by atoms with Gasteiger partial charge in [0.1, 0.15) is 0 Å². The van der Waals surface area contributed by atoms with Crippen molar-refractivity contribution in [2.45, 2.75) is 20.0 Å². The van der Waals surface area contributed by atoms with Gasteiger partial charge in [-0.05, 0) is 0 Å². The molecule has 0 N–H and O–H groups in total. The van der Waals surface area contributed by atoms with Crippen LogP contribution >= 0.6 is 11.6 Å². The molecule has 3 aromatic carbocycles. The number of rotatable bonds is 5. The van der Waals surface area contributed by atoms with Crippen molar-refractivity contribution in [1.82, 2.24) is 0 Å². The summed E-state index contributed by atoms with van der Waals surface area (Å²) >= 11 is 6.64. The summed E-state index contributed by atoms with van der Waals surface area (Å²) in [6, 6.07) is 26.0. The average Bonchev–Trinajstić information content (AvgIpc) is 3.08. The van der Waals surface area contributed by atoms with Crippen molar-refractivity contribution in [2.75, 3.05) is 6.61 Å². The third-order valence-corrected chi connectivity index (χ3v) is 10.3. The van der Waals surface area contributed by atoms with E-state index in [1.807, 2.05) is 12.1 Å². The van der Waals surface area contributed by atoms with Crippen molar-refractivity contribution in [3.05, 3.63) is 103 Å². The number of hydrogen-bond donors (Lipinski definition) is 0. The Morgan fingerprint density at radius 3 is 1.86 bits per heavy atom. The van der Waals surface area contributed by atoms with Crippen molar-refractivity contribution in [1.29, 1.82) is 0 Å².